The molecule has 0 radical (unpaired) electrons. The Morgan fingerprint density at radius 2 is 1.80 bits per heavy atom. The smallest absolute Gasteiger partial charge is 0.223 e. The van der Waals surface area contributed by atoms with Crippen molar-refractivity contribution in [3.8, 4) is 0 Å². The van der Waals surface area contributed by atoms with Crippen molar-refractivity contribution in [2.75, 3.05) is 31.1 Å². The molecule has 35 heavy (non-hydrogen) atoms. The molecule has 1 fully saturated rings. The Balaban J connectivity index is 1.39. The summed E-state index contributed by atoms with van der Waals surface area (Å²) in [4.78, 5) is 21.1. The van der Waals surface area contributed by atoms with Crippen LogP contribution in [0.2, 0.25) is 5.02 Å². The van der Waals surface area contributed by atoms with E-state index in [-0.39, 0.29) is 17.6 Å². The number of rotatable bonds is 6. The van der Waals surface area contributed by atoms with Crippen molar-refractivity contribution in [2.24, 2.45) is 0 Å². The first-order chi connectivity index (χ1) is 17.0. The Labute approximate surface area is 210 Å². The van der Waals surface area contributed by atoms with Crippen molar-refractivity contribution >= 4 is 34.1 Å². The molecular formula is C29H29ClFN3O. The van der Waals surface area contributed by atoms with Crippen LogP contribution in [0.3, 0.4) is 0 Å². The molecule has 1 atom stereocenters. The molecule has 0 aliphatic carbocycles. The number of anilines is 1. The number of hydrogen-bond donors (Lipinski definition) is 1. The maximum absolute atomic E-state index is 14.2. The lowest BCUT2D eigenvalue weighted by Gasteiger charge is -2.37. The van der Waals surface area contributed by atoms with E-state index >= 15 is 0 Å². The zero-order chi connectivity index (χ0) is 24.4. The maximum Gasteiger partial charge on any atom is 0.223 e. The average Bonchev–Trinajstić information content (AvgIpc) is 3.31. The van der Waals surface area contributed by atoms with E-state index in [2.05, 4.69) is 35.0 Å². The SMILES string of the molecule is CCc1cccc2c(C(CC(=O)N3CCN(c4ccccc4Cl)CC3)c3cccc(F)c3)c[nH]c12. The summed E-state index contributed by atoms with van der Waals surface area (Å²) in [7, 11) is 0. The molecular weight excluding hydrogens is 461 g/mol. The number of aryl methyl sites for hydroxylation is 1. The zero-order valence-electron chi connectivity index (χ0n) is 19.8. The summed E-state index contributed by atoms with van der Waals surface area (Å²) in [5, 5.41) is 1.82. The second kappa shape index (κ2) is 10.1. The number of fused-ring (bicyclic) bond motifs is 1. The number of amides is 1. The van der Waals surface area contributed by atoms with Gasteiger partial charge in [-0.15, -0.1) is 0 Å². The molecule has 0 spiro atoms. The van der Waals surface area contributed by atoms with Crippen molar-refractivity contribution in [3.63, 3.8) is 0 Å². The highest BCUT2D eigenvalue weighted by molar-refractivity contribution is 6.33. The van der Waals surface area contributed by atoms with E-state index in [1.54, 1.807) is 12.1 Å². The Kier molecular flexibility index (Phi) is 6.78. The van der Waals surface area contributed by atoms with Gasteiger partial charge in [0, 0.05) is 55.6 Å². The van der Waals surface area contributed by atoms with Gasteiger partial charge in [0.15, 0.2) is 0 Å². The molecule has 1 aliphatic heterocycles. The number of hydrogen-bond acceptors (Lipinski definition) is 2. The van der Waals surface area contributed by atoms with Crippen LogP contribution in [-0.2, 0) is 11.2 Å². The van der Waals surface area contributed by atoms with Crippen LogP contribution in [0.25, 0.3) is 10.9 Å². The highest BCUT2D eigenvalue weighted by Gasteiger charge is 2.27. The fraction of sp³-hybridized carbons (Fsp3) is 0.276. The molecule has 1 saturated heterocycles. The fourth-order valence-electron chi connectivity index (χ4n) is 5.16. The molecule has 5 rings (SSSR count). The first-order valence-electron chi connectivity index (χ1n) is 12.2. The molecule has 0 saturated carbocycles. The van der Waals surface area contributed by atoms with Crippen LogP contribution in [0, 0.1) is 5.82 Å². The largest absolute Gasteiger partial charge is 0.367 e. The van der Waals surface area contributed by atoms with Gasteiger partial charge in [0.2, 0.25) is 5.91 Å². The van der Waals surface area contributed by atoms with E-state index in [1.807, 2.05) is 41.4 Å². The predicted octanol–water partition coefficient (Wildman–Crippen LogP) is 6.39. The number of aromatic nitrogens is 1. The Hall–Kier alpha value is -3.31. The van der Waals surface area contributed by atoms with Crippen LogP contribution in [0.1, 0.15) is 36.0 Å². The number of piperazine rings is 1. The van der Waals surface area contributed by atoms with Gasteiger partial charge >= 0.3 is 0 Å². The molecule has 4 nitrogen and oxygen atoms in total. The molecule has 1 unspecified atom stereocenters. The number of aromatic amines is 1. The van der Waals surface area contributed by atoms with Crippen LogP contribution < -0.4 is 4.90 Å². The second-order valence-electron chi connectivity index (χ2n) is 9.07. The quantitative estimate of drug-likeness (QED) is 0.340. The van der Waals surface area contributed by atoms with E-state index in [4.69, 9.17) is 11.6 Å². The van der Waals surface area contributed by atoms with Crippen molar-refractivity contribution in [2.45, 2.75) is 25.7 Å². The Morgan fingerprint density at radius 1 is 1.03 bits per heavy atom. The van der Waals surface area contributed by atoms with Gasteiger partial charge in [-0.05, 0) is 47.4 Å². The summed E-state index contributed by atoms with van der Waals surface area (Å²) in [6, 6.07) is 20.7. The molecule has 1 amide bonds. The number of benzene rings is 3. The van der Waals surface area contributed by atoms with Gasteiger partial charge in [0.1, 0.15) is 5.82 Å². The number of carbonyl (C=O) groups is 1. The number of H-pyrrole nitrogens is 1. The second-order valence-corrected chi connectivity index (χ2v) is 9.48. The molecule has 0 bridgehead atoms. The van der Waals surface area contributed by atoms with Gasteiger partial charge < -0.3 is 14.8 Å². The van der Waals surface area contributed by atoms with E-state index in [9.17, 15) is 9.18 Å². The molecule has 1 aromatic heterocycles. The summed E-state index contributed by atoms with van der Waals surface area (Å²) < 4.78 is 14.2. The number of para-hydroxylation sites is 2. The normalized spacial score (nSPS) is 14.9. The minimum atomic E-state index is -0.289. The Bertz CT molecular complexity index is 1340. The molecule has 1 aliphatic rings. The number of nitrogens with zero attached hydrogens (tertiary/aromatic N) is 2. The van der Waals surface area contributed by atoms with Crippen LogP contribution in [0.4, 0.5) is 10.1 Å². The van der Waals surface area contributed by atoms with E-state index in [1.165, 1.54) is 11.6 Å². The number of halogens is 2. The van der Waals surface area contributed by atoms with Crippen LogP contribution in [0.5, 0.6) is 0 Å². The van der Waals surface area contributed by atoms with Gasteiger partial charge in [-0.1, -0.05) is 61.0 Å². The van der Waals surface area contributed by atoms with Gasteiger partial charge in [0.05, 0.1) is 10.7 Å². The highest BCUT2D eigenvalue weighted by atomic mass is 35.5. The average molecular weight is 490 g/mol. The third-order valence-corrected chi connectivity index (χ3v) is 7.36. The summed E-state index contributed by atoms with van der Waals surface area (Å²) in [6.07, 6.45) is 3.19. The molecule has 4 aromatic rings. The summed E-state index contributed by atoms with van der Waals surface area (Å²) in [5.74, 6) is -0.442. The molecule has 6 heteroatoms. The van der Waals surface area contributed by atoms with Gasteiger partial charge in [-0.25, -0.2) is 4.39 Å². The molecule has 1 N–H and O–H groups in total. The zero-order valence-corrected chi connectivity index (χ0v) is 20.6. The van der Waals surface area contributed by atoms with Gasteiger partial charge in [0.25, 0.3) is 0 Å². The molecule has 180 valence electrons. The first kappa shape index (κ1) is 23.4. The van der Waals surface area contributed by atoms with Gasteiger partial charge in [-0.3, -0.25) is 4.79 Å². The van der Waals surface area contributed by atoms with Crippen molar-refractivity contribution in [3.05, 3.63) is 100 Å². The predicted molar refractivity (Wildman–Crippen MR) is 141 cm³/mol. The van der Waals surface area contributed by atoms with Crippen LogP contribution in [-0.4, -0.2) is 42.0 Å². The van der Waals surface area contributed by atoms with Crippen LogP contribution in [0.15, 0.2) is 72.9 Å². The van der Waals surface area contributed by atoms with Crippen molar-refractivity contribution < 1.29 is 9.18 Å². The van der Waals surface area contributed by atoms with Crippen LogP contribution >= 0.6 is 11.6 Å². The van der Waals surface area contributed by atoms with E-state index < -0.39 is 0 Å². The summed E-state index contributed by atoms with van der Waals surface area (Å²) in [6.45, 7) is 4.85. The third-order valence-electron chi connectivity index (χ3n) is 7.05. The topological polar surface area (TPSA) is 39.3 Å². The van der Waals surface area contributed by atoms with E-state index in [0.717, 1.165) is 52.3 Å². The minimum Gasteiger partial charge on any atom is -0.367 e. The highest BCUT2D eigenvalue weighted by Crippen LogP contribution is 2.35. The Morgan fingerprint density at radius 3 is 2.54 bits per heavy atom. The summed E-state index contributed by atoms with van der Waals surface area (Å²) in [5.41, 5.74) is 5.17. The fourth-order valence-corrected chi connectivity index (χ4v) is 5.42. The third kappa shape index (κ3) is 4.78. The number of carbonyl (C=O) groups excluding carboxylic acids is 1. The van der Waals surface area contributed by atoms with Crippen molar-refractivity contribution in [1.29, 1.82) is 0 Å². The first-order valence-corrected chi connectivity index (χ1v) is 12.5. The van der Waals surface area contributed by atoms with E-state index in [0.29, 0.717) is 19.5 Å². The maximum atomic E-state index is 14.2. The lowest BCUT2D eigenvalue weighted by Crippen LogP contribution is -2.49. The lowest BCUT2D eigenvalue weighted by atomic mass is 9.87. The standard InChI is InChI=1S/C29H29ClFN3O/c1-2-20-7-6-10-23-25(19-32-29(20)23)24(21-8-5-9-22(31)17-21)18-28(35)34-15-13-33(14-16-34)27-12-4-3-11-26(27)30/h3-12,17,19,24,32H,2,13-16,18H2,1H3. The lowest BCUT2D eigenvalue weighted by molar-refractivity contribution is -0.131. The summed E-state index contributed by atoms with van der Waals surface area (Å²) >= 11 is 6.38. The minimum absolute atomic E-state index is 0.0825. The monoisotopic (exact) mass is 489 g/mol. The number of nitrogens with one attached hydrogen (secondary N) is 1. The van der Waals surface area contributed by atoms with Gasteiger partial charge in [-0.2, -0.15) is 0 Å². The molecule has 3 aromatic carbocycles. The van der Waals surface area contributed by atoms with Crippen molar-refractivity contribution in [1.82, 2.24) is 9.88 Å². The molecule has 2 heterocycles.